The molecular weight excluding hydrogens is 271 g/mol. The molecule has 118 valence electrons. The summed E-state index contributed by atoms with van der Waals surface area (Å²) in [6, 6.07) is 3.77. The molecule has 1 rings (SSSR count). The van der Waals surface area contributed by atoms with Gasteiger partial charge in [-0.15, -0.1) is 0 Å². The zero-order chi connectivity index (χ0) is 16.0. The molecule has 1 aromatic rings. The number of amides is 1. The van der Waals surface area contributed by atoms with Gasteiger partial charge in [0.15, 0.2) is 6.10 Å². The first-order valence-electron chi connectivity index (χ1n) is 7.30. The van der Waals surface area contributed by atoms with Gasteiger partial charge in [0.05, 0.1) is 0 Å². The van der Waals surface area contributed by atoms with E-state index in [1.807, 2.05) is 0 Å². The quantitative estimate of drug-likeness (QED) is 0.813. The molecule has 0 spiro atoms. The molecule has 0 aliphatic heterocycles. The molecule has 0 saturated heterocycles. The number of nitrogens with one attached hydrogen (secondary N) is 1. The van der Waals surface area contributed by atoms with Crippen molar-refractivity contribution >= 4 is 5.91 Å². The van der Waals surface area contributed by atoms with Crippen LogP contribution in [0.2, 0.25) is 0 Å². The van der Waals surface area contributed by atoms with Crippen molar-refractivity contribution in [3.8, 4) is 5.75 Å². The van der Waals surface area contributed by atoms with Crippen LogP contribution < -0.4 is 15.8 Å². The molecule has 0 saturated carbocycles. The zero-order valence-corrected chi connectivity index (χ0v) is 13.2. The van der Waals surface area contributed by atoms with Crippen LogP contribution in [0.1, 0.15) is 45.7 Å². The van der Waals surface area contributed by atoms with Crippen LogP contribution in [0, 0.1) is 11.7 Å². The van der Waals surface area contributed by atoms with E-state index in [2.05, 4.69) is 19.2 Å². The molecule has 0 aliphatic carbocycles. The molecule has 2 atom stereocenters. The van der Waals surface area contributed by atoms with Crippen molar-refractivity contribution in [2.24, 2.45) is 11.7 Å². The second-order valence-electron chi connectivity index (χ2n) is 5.70. The number of halogens is 1. The van der Waals surface area contributed by atoms with Gasteiger partial charge in [0.1, 0.15) is 11.6 Å². The van der Waals surface area contributed by atoms with E-state index in [9.17, 15) is 9.18 Å². The van der Waals surface area contributed by atoms with Gasteiger partial charge in [-0.1, -0.05) is 13.8 Å². The summed E-state index contributed by atoms with van der Waals surface area (Å²) in [6.45, 7) is 8.22. The van der Waals surface area contributed by atoms with Crippen molar-refractivity contribution in [1.29, 1.82) is 0 Å². The molecule has 4 nitrogen and oxygen atoms in total. The summed E-state index contributed by atoms with van der Waals surface area (Å²) < 4.78 is 18.9. The van der Waals surface area contributed by atoms with Gasteiger partial charge >= 0.3 is 0 Å². The lowest BCUT2D eigenvalue weighted by atomic mass is 10.1. The summed E-state index contributed by atoms with van der Waals surface area (Å²) >= 11 is 0. The summed E-state index contributed by atoms with van der Waals surface area (Å²) in [7, 11) is 0. The van der Waals surface area contributed by atoms with Gasteiger partial charge in [0, 0.05) is 18.2 Å². The molecule has 3 N–H and O–H groups in total. The van der Waals surface area contributed by atoms with Gasteiger partial charge in [-0.25, -0.2) is 4.39 Å². The maximum atomic E-state index is 13.3. The van der Waals surface area contributed by atoms with Crippen LogP contribution in [-0.2, 0) is 4.79 Å². The standard InChI is InChI=1S/C16H25FN2O2/c1-10(2)7-8-19-16(20)12(4)21-15-6-5-13(17)9-14(15)11(3)18/h5-6,9-12H,7-8,18H2,1-4H3,(H,19,20)/t11-,12?/m0/s1. The second kappa shape index (κ2) is 7.98. The average Bonchev–Trinajstić information content (AvgIpc) is 2.39. The Bertz CT molecular complexity index is 475. The van der Waals surface area contributed by atoms with E-state index in [1.54, 1.807) is 13.8 Å². The molecule has 5 heteroatoms. The van der Waals surface area contributed by atoms with Crippen molar-refractivity contribution in [3.63, 3.8) is 0 Å². The lowest BCUT2D eigenvalue weighted by Gasteiger charge is -2.19. The fourth-order valence-corrected chi connectivity index (χ4v) is 1.85. The minimum atomic E-state index is -0.653. The normalized spacial score (nSPS) is 13.9. The summed E-state index contributed by atoms with van der Waals surface area (Å²) in [5, 5.41) is 2.82. The van der Waals surface area contributed by atoms with Crippen LogP contribution in [0.25, 0.3) is 0 Å². The Hall–Kier alpha value is -1.62. The molecule has 1 unspecified atom stereocenters. The molecule has 1 amide bonds. The van der Waals surface area contributed by atoms with Crippen LogP contribution in [0.3, 0.4) is 0 Å². The predicted molar refractivity (Wildman–Crippen MR) is 81.6 cm³/mol. The second-order valence-corrected chi connectivity index (χ2v) is 5.70. The van der Waals surface area contributed by atoms with E-state index >= 15 is 0 Å². The highest BCUT2D eigenvalue weighted by Gasteiger charge is 2.17. The Morgan fingerprint density at radius 1 is 1.33 bits per heavy atom. The van der Waals surface area contributed by atoms with Crippen molar-refractivity contribution in [1.82, 2.24) is 5.32 Å². The van der Waals surface area contributed by atoms with Crippen molar-refractivity contribution < 1.29 is 13.9 Å². The summed E-state index contributed by atoms with van der Waals surface area (Å²) in [4.78, 5) is 11.9. The third-order valence-electron chi connectivity index (χ3n) is 3.16. The highest BCUT2D eigenvalue weighted by molar-refractivity contribution is 5.80. The molecule has 0 fully saturated rings. The van der Waals surface area contributed by atoms with E-state index in [0.717, 1.165) is 6.42 Å². The number of nitrogens with two attached hydrogens (primary N) is 1. The van der Waals surface area contributed by atoms with Gasteiger partial charge in [-0.3, -0.25) is 4.79 Å². The van der Waals surface area contributed by atoms with Gasteiger partial charge in [-0.2, -0.15) is 0 Å². The van der Waals surface area contributed by atoms with E-state index < -0.39 is 6.10 Å². The molecule has 0 radical (unpaired) electrons. The highest BCUT2D eigenvalue weighted by atomic mass is 19.1. The third kappa shape index (κ3) is 5.71. The van der Waals surface area contributed by atoms with Crippen LogP contribution in [0.4, 0.5) is 4.39 Å². The molecule has 1 aromatic carbocycles. The minimum absolute atomic E-state index is 0.185. The third-order valence-corrected chi connectivity index (χ3v) is 3.16. The Morgan fingerprint density at radius 2 is 2.00 bits per heavy atom. The van der Waals surface area contributed by atoms with E-state index in [4.69, 9.17) is 10.5 Å². The maximum Gasteiger partial charge on any atom is 0.260 e. The first-order chi connectivity index (χ1) is 9.81. The number of ether oxygens (including phenoxy) is 1. The van der Waals surface area contributed by atoms with E-state index in [1.165, 1.54) is 18.2 Å². The smallest absolute Gasteiger partial charge is 0.260 e. The Balaban J connectivity index is 2.65. The minimum Gasteiger partial charge on any atom is -0.481 e. The molecule has 0 bridgehead atoms. The number of hydrogen-bond acceptors (Lipinski definition) is 3. The van der Waals surface area contributed by atoms with Crippen LogP contribution in [0.15, 0.2) is 18.2 Å². The summed E-state index contributed by atoms with van der Waals surface area (Å²) in [6.07, 6.45) is 0.264. The Kier molecular flexibility index (Phi) is 6.62. The number of benzene rings is 1. The van der Waals surface area contributed by atoms with Crippen LogP contribution >= 0.6 is 0 Å². The Labute approximate surface area is 125 Å². The summed E-state index contributed by atoms with van der Waals surface area (Å²) in [5.41, 5.74) is 6.35. The first-order valence-corrected chi connectivity index (χ1v) is 7.30. The van der Waals surface area contributed by atoms with Crippen LogP contribution in [0.5, 0.6) is 5.75 Å². The SMILES string of the molecule is CC(C)CCNC(=O)C(C)Oc1ccc(F)cc1[C@H](C)N. The lowest BCUT2D eigenvalue weighted by Crippen LogP contribution is -2.37. The fraction of sp³-hybridized carbons (Fsp3) is 0.562. The number of carbonyl (C=O) groups is 1. The number of carbonyl (C=O) groups excluding carboxylic acids is 1. The Morgan fingerprint density at radius 3 is 2.57 bits per heavy atom. The molecule has 0 aromatic heterocycles. The summed E-state index contributed by atoms with van der Waals surface area (Å²) in [5.74, 6) is 0.417. The lowest BCUT2D eigenvalue weighted by molar-refractivity contribution is -0.127. The maximum absolute atomic E-state index is 13.3. The van der Waals surface area contributed by atoms with Crippen molar-refractivity contribution in [3.05, 3.63) is 29.6 Å². The van der Waals surface area contributed by atoms with Crippen LogP contribution in [-0.4, -0.2) is 18.6 Å². The molecular formula is C16H25FN2O2. The fourth-order valence-electron chi connectivity index (χ4n) is 1.85. The largest absolute Gasteiger partial charge is 0.481 e. The van der Waals surface area contributed by atoms with Gasteiger partial charge in [0.25, 0.3) is 5.91 Å². The van der Waals surface area contributed by atoms with E-state index in [-0.39, 0.29) is 17.8 Å². The van der Waals surface area contributed by atoms with Gasteiger partial charge in [-0.05, 0) is 44.4 Å². The number of hydrogen-bond donors (Lipinski definition) is 2. The predicted octanol–water partition coefficient (Wildman–Crippen LogP) is 2.78. The first kappa shape index (κ1) is 17.4. The molecule has 21 heavy (non-hydrogen) atoms. The van der Waals surface area contributed by atoms with E-state index in [0.29, 0.717) is 23.8 Å². The molecule has 0 aliphatic rings. The average molecular weight is 296 g/mol. The monoisotopic (exact) mass is 296 g/mol. The highest BCUT2D eigenvalue weighted by Crippen LogP contribution is 2.25. The number of rotatable bonds is 7. The molecule has 0 heterocycles. The van der Waals surface area contributed by atoms with Crippen molar-refractivity contribution in [2.75, 3.05) is 6.54 Å². The van der Waals surface area contributed by atoms with Crippen molar-refractivity contribution in [2.45, 2.75) is 46.3 Å². The van der Waals surface area contributed by atoms with Gasteiger partial charge in [0.2, 0.25) is 0 Å². The zero-order valence-electron chi connectivity index (χ0n) is 13.2. The van der Waals surface area contributed by atoms with Gasteiger partial charge < -0.3 is 15.8 Å². The topological polar surface area (TPSA) is 64.3 Å².